The maximum atomic E-state index is 12.9. The van der Waals surface area contributed by atoms with Crippen LogP contribution in [0.5, 0.6) is 5.75 Å². The van der Waals surface area contributed by atoms with Crippen molar-refractivity contribution in [1.29, 1.82) is 0 Å². The molecule has 1 aromatic heterocycles. The first-order valence-electron chi connectivity index (χ1n) is 9.31. The largest absolute Gasteiger partial charge is 0.494 e. The average Bonchev–Trinajstić information content (AvgIpc) is 3.05. The third kappa shape index (κ3) is 2.89. The molecule has 0 saturated heterocycles. The first-order valence-corrected chi connectivity index (χ1v) is 9.31. The van der Waals surface area contributed by atoms with Gasteiger partial charge in [-0.2, -0.15) is 0 Å². The third-order valence-electron chi connectivity index (χ3n) is 4.79. The van der Waals surface area contributed by atoms with Gasteiger partial charge in [0.15, 0.2) is 5.92 Å². The Balaban J connectivity index is 1.98. The molecule has 1 N–H and O–H groups in total. The predicted octanol–water partition coefficient (Wildman–Crippen LogP) is 3.16. The number of imidazole rings is 1. The second kappa shape index (κ2) is 7.34. The Hall–Kier alpha value is -3.35. The van der Waals surface area contributed by atoms with Crippen LogP contribution in [0, 0.1) is 5.92 Å². The van der Waals surface area contributed by atoms with Crippen LogP contribution in [0.3, 0.4) is 0 Å². The van der Waals surface area contributed by atoms with Gasteiger partial charge >= 0.3 is 5.97 Å². The van der Waals surface area contributed by atoms with E-state index < -0.39 is 23.8 Å². The summed E-state index contributed by atoms with van der Waals surface area (Å²) >= 11 is 0. The number of fused-ring (bicyclic) bond motifs is 3. The summed E-state index contributed by atoms with van der Waals surface area (Å²) in [5.74, 6) is -1.02. The van der Waals surface area contributed by atoms with Crippen molar-refractivity contribution >= 4 is 28.9 Å². The number of carbonyl (C=O) groups excluding carboxylic acids is 2. The van der Waals surface area contributed by atoms with Crippen molar-refractivity contribution in [2.45, 2.75) is 19.9 Å². The maximum absolute atomic E-state index is 12.9. The number of hydrogen-bond donors (Lipinski definition) is 1. The van der Waals surface area contributed by atoms with Crippen LogP contribution in [0.1, 0.15) is 25.5 Å². The van der Waals surface area contributed by atoms with E-state index >= 15 is 0 Å². The Kier molecular flexibility index (Phi) is 4.73. The molecule has 1 aliphatic heterocycles. The van der Waals surface area contributed by atoms with Crippen molar-refractivity contribution < 1.29 is 19.1 Å². The van der Waals surface area contributed by atoms with Gasteiger partial charge in [0.2, 0.25) is 11.9 Å². The molecule has 0 spiro atoms. The second-order valence-corrected chi connectivity index (χ2v) is 6.43. The van der Waals surface area contributed by atoms with Gasteiger partial charge < -0.3 is 14.0 Å². The number of ether oxygens (including phenoxy) is 2. The van der Waals surface area contributed by atoms with E-state index in [-0.39, 0.29) is 6.61 Å². The maximum Gasteiger partial charge on any atom is 0.321 e. The summed E-state index contributed by atoms with van der Waals surface area (Å²) in [5, 5.41) is 2.76. The number of nitrogens with zero attached hydrogens (tertiary/aromatic N) is 2. The molecule has 0 bridgehead atoms. The average molecular weight is 379 g/mol. The molecule has 2 atom stereocenters. The molecule has 1 aliphatic rings. The monoisotopic (exact) mass is 379 g/mol. The van der Waals surface area contributed by atoms with Crippen LogP contribution in [0.2, 0.25) is 0 Å². The number of benzene rings is 2. The predicted molar refractivity (Wildman–Crippen MR) is 104 cm³/mol. The van der Waals surface area contributed by atoms with Crippen LogP contribution in [0.25, 0.3) is 11.0 Å². The molecule has 0 fully saturated rings. The molecule has 4 rings (SSSR count). The molecule has 1 amide bonds. The van der Waals surface area contributed by atoms with Crippen LogP contribution in [0.4, 0.5) is 5.95 Å². The zero-order valence-corrected chi connectivity index (χ0v) is 15.7. The van der Waals surface area contributed by atoms with Crippen molar-refractivity contribution in [3.05, 3.63) is 54.1 Å². The number of anilines is 1. The molecule has 0 aliphatic carbocycles. The molecule has 7 nitrogen and oxygen atoms in total. The Morgan fingerprint density at radius 2 is 1.86 bits per heavy atom. The van der Waals surface area contributed by atoms with Gasteiger partial charge in [-0.3, -0.25) is 14.9 Å². The summed E-state index contributed by atoms with van der Waals surface area (Å²) in [5.41, 5.74) is 2.30. The van der Waals surface area contributed by atoms with Crippen LogP contribution >= 0.6 is 0 Å². The summed E-state index contributed by atoms with van der Waals surface area (Å²) in [6, 6.07) is 14.4. The van der Waals surface area contributed by atoms with E-state index in [4.69, 9.17) is 9.47 Å². The Bertz CT molecular complexity index is 1040. The number of carbonyl (C=O) groups is 2. The highest BCUT2D eigenvalue weighted by atomic mass is 16.5. The van der Waals surface area contributed by atoms with E-state index in [0.29, 0.717) is 18.3 Å². The van der Waals surface area contributed by atoms with Crippen molar-refractivity contribution in [2.24, 2.45) is 5.92 Å². The number of rotatable bonds is 5. The molecule has 0 unspecified atom stereocenters. The Morgan fingerprint density at radius 3 is 2.64 bits per heavy atom. The minimum Gasteiger partial charge on any atom is -0.494 e. The number of amides is 1. The highest BCUT2D eigenvalue weighted by molar-refractivity contribution is 6.07. The fraction of sp³-hybridized carbons (Fsp3) is 0.286. The number of hydrogen-bond acceptors (Lipinski definition) is 5. The summed E-state index contributed by atoms with van der Waals surface area (Å²) < 4.78 is 12.9. The summed E-state index contributed by atoms with van der Waals surface area (Å²) in [6.07, 6.45) is 0. The van der Waals surface area contributed by atoms with E-state index in [1.165, 1.54) is 0 Å². The normalized spacial score (nSPS) is 18.4. The summed E-state index contributed by atoms with van der Waals surface area (Å²) in [7, 11) is 0. The molecular weight excluding hydrogens is 358 g/mol. The van der Waals surface area contributed by atoms with Crippen LogP contribution < -0.4 is 10.1 Å². The fourth-order valence-corrected chi connectivity index (χ4v) is 3.69. The van der Waals surface area contributed by atoms with Gasteiger partial charge in [0.05, 0.1) is 30.3 Å². The molecule has 3 aromatic rings. The van der Waals surface area contributed by atoms with E-state index in [1.54, 1.807) is 6.92 Å². The lowest BCUT2D eigenvalue weighted by Crippen LogP contribution is -2.43. The van der Waals surface area contributed by atoms with Crippen molar-refractivity contribution in [3.8, 4) is 5.75 Å². The van der Waals surface area contributed by atoms with Gasteiger partial charge in [0, 0.05) is 5.56 Å². The quantitative estimate of drug-likeness (QED) is 0.544. The lowest BCUT2D eigenvalue weighted by molar-refractivity contribution is -0.152. The second-order valence-electron chi connectivity index (χ2n) is 6.43. The number of para-hydroxylation sites is 3. The lowest BCUT2D eigenvalue weighted by Gasteiger charge is -2.33. The molecule has 0 saturated carbocycles. The van der Waals surface area contributed by atoms with E-state index in [0.717, 1.165) is 16.6 Å². The van der Waals surface area contributed by atoms with E-state index in [2.05, 4.69) is 10.3 Å². The van der Waals surface area contributed by atoms with Gasteiger partial charge in [-0.1, -0.05) is 30.3 Å². The SMILES string of the molecule is CCOC(=O)[C@H]1C(=O)Nc2nc3ccccc3n2[C@H]1c1ccccc1OCC. The third-order valence-corrected chi connectivity index (χ3v) is 4.79. The van der Waals surface area contributed by atoms with Gasteiger partial charge in [-0.05, 0) is 32.0 Å². The van der Waals surface area contributed by atoms with Crippen molar-refractivity contribution in [2.75, 3.05) is 18.5 Å². The summed E-state index contributed by atoms with van der Waals surface area (Å²) in [6.45, 7) is 4.28. The van der Waals surface area contributed by atoms with E-state index in [9.17, 15) is 9.59 Å². The molecule has 144 valence electrons. The number of aromatic nitrogens is 2. The van der Waals surface area contributed by atoms with Crippen molar-refractivity contribution in [3.63, 3.8) is 0 Å². The number of nitrogens with one attached hydrogen (secondary N) is 1. The van der Waals surface area contributed by atoms with Gasteiger partial charge in [-0.15, -0.1) is 0 Å². The molecule has 0 radical (unpaired) electrons. The van der Waals surface area contributed by atoms with Gasteiger partial charge in [0.25, 0.3) is 0 Å². The van der Waals surface area contributed by atoms with Crippen LogP contribution in [0.15, 0.2) is 48.5 Å². The van der Waals surface area contributed by atoms with Crippen LogP contribution in [-0.4, -0.2) is 34.6 Å². The first kappa shape index (κ1) is 18.0. The molecule has 2 aromatic carbocycles. The van der Waals surface area contributed by atoms with Gasteiger partial charge in [0.1, 0.15) is 5.75 Å². The molecule has 28 heavy (non-hydrogen) atoms. The fourth-order valence-electron chi connectivity index (χ4n) is 3.69. The minimum atomic E-state index is -1.05. The highest BCUT2D eigenvalue weighted by Crippen LogP contribution is 2.41. The Morgan fingerprint density at radius 1 is 1.11 bits per heavy atom. The lowest BCUT2D eigenvalue weighted by atomic mass is 9.89. The van der Waals surface area contributed by atoms with Crippen molar-refractivity contribution in [1.82, 2.24) is 9.55 Å². The number of esters is 1. The zero-order chi connectivity index (χ0) is 19.7. The molecule has 7 heteroatoms. The topological polar surface area (TPSA) is 82.5 Å². The zero-order valence-electron chi connectivity index (χ0n) is 15.7. The smallest absolute Gasteiger partial charge is 0.321 e. The highest BCUT2D eigenvalue weighted by Gasteiger charge is 2.45. The van der Waals surface area contributed by atoms with Crippen LogP contribution in [-0.2, 0) is 14.3 Å². The Labute approximate surface area is 162 Å². The first-order chi connectivity index (χ1) is 13.7. The van der Waals surface area contributed by atoms with E-state index in [1.807, 2.05) is 60.0 Å². The molecular formula is C21H21N3O4. The summed E-state index contributed by atoms with van der Waals surface area (Å²) in [4.78, 5) is 30.2. The minimum absolute atomic E-state index is 0.194. The molecule has 2 heterocycles. The standard InChI is InChI=1S/C21H21N3O4/c1-3-27-16-12-8-5-9-13(16)18-17(20(26)28-4-2)19(25)23-21-22-14-10-6-7-11-15(14)24(18)21/h5-12,17-18H,3-4H2,1-2H3,(H,22,23,25)/t17-,18+/m1/s1. The van der Waals surface area contributed by atoms with Gasteiger partial charge in [-0.25, -0.2) is 4.98 Å².